The number of guanidine groups is 1. The number of nitrogens with one attached hydrogen (secondary N) is 1. The molecule has 0 radical (unpaired) electrons. The highest BCUT2D eigenvalue weighted by atomic mass is 16.6. The van der Waals surface area contributed by atoms with E-state index in [2.05, 4.69) is 63.0 Å². The van der Waals surface area contributed by atoms with Crippen LogP contribution in [0, 0.1) is 11.8 Å². The Morgan fingerprint density at radius 3 is 2.35 bits per heavy atom. The van der Waals surface area contributed by atoms with Gasteiger partial charge >= 0.3 is 6.09 Å². The molecule has 1 N–H and O–H groups in total. The molecule has 0 bridgehead atoms. The van der Waals surface area contributed by atoms with Crippen molar-refractivity contribution >= 4 is 12.1 Å². The molecule has 5 nitrogen and oxygen atoms in total. The summed E-state index contributed by atoms with van der Waals surface area (Å²) in [5, 5.41) is 2.92. The van der Waals surface area contributed by atoms with Crippen molar-refractivity contribution in [2.24, 2.45) is 16.8 Å². The van der Waals surface area contributed by atoms with Crippen LogP contribution in [0.1, 0.15) is 110 Å². The molecule has 1 amide bonds. The first kappa shape index (κ1) is 28.2. The molecule has 1 heterocycles. The number of benzene rings is 1. The minimum Gasteiger partial charge on any atom is -0.444 e. The van der Waals surface area contributed by atoms with Gasteiger partial charge in [0, 0.05) is 6.54 Å². The van der Waals surface area contributed by atoms with Gasteiger partial charge in [0.2, 0.25) is 5.96 Å². The number of amides is 1. The van der Waals surface area contributed by atoms with E-state index in [-0.39, 0.29) is 6.04 Å². The summed E-state index contributed by atoms with van der Waals surface area (Å²) < 4.78 is 5.49. The Hall–Kier alpha value is -2.04. The van der Waals surface area contributed by atoms with Gasteiger partial charge in [0.05, 0.1) is 12.6 Å². The smallest absolute Gasteiger partial charge is 0.414 e. The molecule has 2 rings (SSSR count). The number of hydrogen-bond acceptors (Lipinski definition) is 4. The quantitative estimate of drug-likeness (QED) is 0.368. The van der Waals surface area contributed by atoms with Gasteiger partial charge in [-0.05, 0) is 81.4 Å². The van der Waals surface area contributed by atoms with Crippen LogP contribution in [0.2, 0.25) is 0 Å². The summed E-state index contributed by atoms with van der Waals surface area (Å²) in [7, 11) is 0. The van der Waals surface area contributed by atoms with Gasteiger partial charge in [-0.15, -0.1) is 0 Å². The normalized spacial score (nSPS) is 16.4. The first-order valence-corrected chi connectivity index (χ1v) is 13.4. The number of aliphatic imine (C=N–C) groups is 1. The molecule has 5 heteroatoms. The van der Waals surface area contributed by atoms with E-state index in [1.807, 2.05) is 20.8 Å². The number of carbonyl (C=O) groups is 1. The molecule has 1 atom stereocenters. The topological polar surface area (TPSA) is 53.9 Å². The molecule has 0 fully saturated rings. The number of nitrogens with zero attached hydrogens (tertiary/aromatic N) is 2. The highest BCUT2D eigenvalue weighted by molar-refractivity contribution is 5.95. The van der Waals surface area contributed by atoms with E-state index in [4.69, 9.17) is 9.73 Å². The van der Waals surface area contributed by atoms with Gasteiger partial charge in [0.1, 0.15) is 5.60 Å². The molecule has 0 aromatic heterocycles. The first-order chi connectivity index (χ1) is 16.0. The van der Waals surface area contributed by atoms with E-state index >= 15 is 0 Å². The average molecular weight is 472 g/mol. The van der Waals surface area contributed by atoms with Crippen LogP contribution in [0.3, 0.4) is 0 Å². The second-order valence-electron chi connectivity index (χ2n) is 11.6. The second-order valence-corrected chi connectivity index (χ2v) is 11.6. The zero-order valence-electron chi connectivity index (χ0n) is 23.0. The second kappa shape index (κ2) is 13.2. The van der Waals surface area contributed by atoms with Crippen LogP contribution in [-0.4, -0.2) is 35.6 Å². The molecule has 1 aromatic rings. The molecule has 34 heavy (non-hydrogen) atoms. The maximum atomic E-state index is 12.5. The maximum Gasteiger partial charge on any atom is 0.414 e. The standard InChI is InChI=1S/C29H49N3O2/c1-9-18-32-26(20-30-27(32)31-28(33)34-29(6,7)8)25-19-23(14-10-12-21(2)3)16-17-24(25)15-11-13-22(4)5/h16-17,19,21-22,26H,9-15,18,20H2,1-8H3,(H,30,31,33). The molecule has 1 unspecified atom stereocenters. The Bertz CT molecular complexity index is 808. The Morgan fingerprint density at radius 2 is 1.76 bits per heavy atom. The largest absolute Gasteiger partial charge is 0.444 e. The number of alkyl carbamates (subject to hydrolysis) is 1. The summed E-state index contributed by atoms with van der Waals surface area (Å²) in [5.74, 6) is 2.09. The lowest BCUT2D eigenvalue weighted by Gasteiger charge is -2.30. The van der Waals surface area contributed by atoms with Crippen LogP contribution in [-0.2, 0) is 17.6 Å². The SMILES string of the molecule is CCCN1C(NC(=O)OC(C)(C)C)=NCC1c1cc(CCCC(C)C)ccc1CCCC(C)C. The molecule has 1 aliphatic heterocycles. The lowest BCUT2D eigenvalue weighted by atomic mass is 9.91. The van der Waals surface area contributed by atoms with Crippen LogP contribution < -0.4 is 5.32 Å². The summed E-state index contributed by atoms with van der Waals surface area (Å²) in [6.07, 6.45) is 7.66. The van der Waals surface area contributed by atoms with Gasteiger partial charge in [-0.2, -0.15) is 0 Å². The van der Waals surface area contributed by atoms with E-state index in [0.717, 1.165) is 37.6 Å². The highest BCUT2D eigenvalue weighted by Gasteiger charge is 2.32. The fraction of sp³-hybridized carbons (Fsp3) is 0.724. The van der Waals surface area contributed by atoms with Crippen LogP contribution in [0.15, 0.2) is 23.2 Å². The Morgan fingerprint density at radius 1 is 1.12 bits per heavy atom. The van der Waals surface area contributed by atoms with Gasteiger partial charge in [-0.1, -0.05) is 65.7 Å². The zero-order valence-corrected chi connectivity index (χ0v) is 23.0. The third-order valence-corrected chi connectivity index (χ3v) is 6.18. The molecule has 1 aliphatic rings. The third-order valence-electron chi connectivity index (χ3n) is 6.18. The predicted molar refractivity (Wildman–Crippen MR) is 143 cm³/mol. The van der Waals surface area contributed by atoms with Crippen molar-refractivity contribution in [1.29, 1.82) is 0 Å². The molecule has 192 valence electrons. The lowest BCUT2D eigenvalue weighted by molar-refractivity contribution is 0.0556. The number of hydrogen-bond donors (Lipinski definition) is 1. The van der Waals surface area contributed by atoms with Crippen LogP contribution in [0.25, 0.3) is 0 Å². The van der Waals surface area contributed by atoms with Crippen molar-refractivity contribution in [3.63, 3.8) is 0 Å². The fourth-order valence-corrected chi connectivity index (χ4v) is 4.54. The third kappa shape index (κ3) is 9.31. The van der Waals surface area contributed by atoms with Crippen LogP contribution >= 0.6 is 0 Å². The van der Waals surface area contributed by atoms with Gasteiger partial charge in [0.15, 0.2) is 0 Å². The van der Waals surface area contributed by atoms with E-state index in [0.29, 0.717) is 12.5 Å². The number of ether oxygens (including phenoxy) is 1. The highest BCUT2D eigenvalue weighted by Crippen LogP contribution is 2.31. The Kier molecular flexibility index (Phi) is 10.9. The first-order valence-electron chi connectivity index (χ1n) is 13.4. The van der Waals surface area contributed by atoms with E-state index < -0.39 is 11.7 Å². The predicted octanol–water partition coefficient (Wildman–Crippen LogP) is 7.29. The molecular formula is C29H49N3O2. The monoisotopic (exact) mass is 471 g/mol. The van der Waals surface area contributed by atoms with Gasteiger partial charge in [0.25, 0.3) is 0 Å². The van der Waals surface area contributed by atoms with Crippen LogP contribution in [0.5, 0.6) is 0 Å². The Labute approximate surface area is 208 Å². The zero-order chi connectivity index (χ0) is 25.3. The molecule has 0 saturated heterocycles. The van der Waals surface area contributed by atoms with Crippen molar-refractivity contribution in [1.82, 2.24) is 10.2 Å². The van der Waals surface area contributed by atoms with Crippen LogP contribution in [0.4, 0.5) is 4.79 Å². The van der Waals surface area contributed by atoms with Gasteiger partial charge < -0.3 is 9.64 Å². The fourth-order valence-electron chi connectivity index (χ4n) is 4.54. The summed E-state index contributed by atoms with van der Waals surface area (Å²) in [4.78, 5) is 19.5. The van der Waals surface area contributed by atoms with E-state index in [1.165, 1.54) is 42.4 Å². The van der Waals surface area contributed by atoms with Gasteiger partial charge in [-0.25, -0.2) is 4.79 Å². The molecule has 0 aliphatic carbocycles. The minimum atomic E-state index is -0.536. The Balaban J connectivity index is 2.25. The van der Waals surface area contributed by atoms with Gasteiger partial charge in [-0.3, -0.25) is 10.3 Å². The van der Waals surface area contributed by atoms with E-state index in [9.17, 15) is 4.79 Å². The molecule has 1 aromatic carbocycles. The number of rotatable bonds is 11. The summed E-state index contributed by atoms with van der Waals surface area (Å²) in [6.45, 7) is 18.5. The summed E-state index contributed by atoms with van der Waals surface area (Å²) in [6, 6.07) is 7.26. The summed E-state index contributed by atoms with van der Waals surface area (Å²) in [5.41, 5.74) is 3.68. The molecular weight excluding hydrogens is 422 g/mol. The van der Waals surface area contributed by atoms with Crippen molar-refractivity contribution in [3.05, 3.63) is 34.9 Å². The molecule has 0 saturated carbocycles. The maximum absolute atomic E-state index is 12.5. The van der Waals surface area contributed by atoms with Crippen molar-refractivity contribution in [2.45, 2.75) is 112 Å². The van der Waals surface area contributed by atoms with E-state index in [1.54, 1.807) is 0 Å². The average Bonchev–Trinajstić information content (AvgIpc) is 3.09. The summed E-state index contributed by atoms with van der Waals surface area (Å²) >= 11 is 0. The minimum absolute atomic E-state index is 0.156. The van der Waals surface area contributed by atoms with Crippen molar-refractivity contribution in [2.75, 3.05) is 13.1 Å². The lowest BCUT2D eigenvalue weighted by Crippen LogP contribution is -2.45. The molecule has 0 spiro atoms. The van der Waals surface area contributed by atoms with Crippen molar-refractivity contribution in [3.8, 4) is 0 Å². The number of aryl methyl sites for hydroxylation is 2. The van der Waals surface area contributed by atoms with Crippen molar-refractivity contribution < 1.29 is 9.53 Å². The number of carbonyl (C=O) groups excluding carboxylic acids is 1.